The maximum absolute atomic E-state index is 12.1. The molecule has 0 saturated heterocycles. The molecule has 0 aliphatic carbocycles. The van der Waals surface area contributed by atoms with E-state index < -0.39 is 11.8 Å². The zero-order chi connectivity index (χ0) is 28.5. The van der Waals surface area contributed by atoms with E-state index in [-0.39, 0.29) is 13.2 Å². The van der Waals surface area contributed by atoms with Gasteiger partial charge in [-0.1, -0.05) is 84.9 Å². The van der Waals surface area contributed by atoms with Crippen LogP contribution < -0.4 is 20.3 Å². The average Bonchev–Trinajstić information content (AvgIpc) is 3.01. The predicted octanol–water partition coefficient (Wildman–Crippen LogP) is 4.46. The highest BCUT2D eigenvalue weighted by molar-refractivity contribution is 5.86. The second-order valence-corrected chi connectivity index (χ2v) is 8.70. The summed E-state index contributed by atoms with van der Waals surface area (Å²) in [5.74, 6) is 0.246. The van der Waals surface area contributed by atoms with E-state index in [1.54, 1.807) is 0 Å². The Labute approximate surface area is 238 Å². The number of rotatable bonds is 14. The number of carbonyl (C=O) groups excluding carboxylic acids is 2. The molecular formula is C32H30N4O5. The molecule has 4 aromatic rings. The van der Waals surface area contributed by atoms with Crippen molar-refractivity contribution in [1.29, 1.82) is 0 Å². The van der Waals surface area contributed by atoms with Crippen LogP contribution in [0.3, 0.4) is 0 Å². The normalized spacial score (nSPS) is 10.9. The number of ether oxygens (including phenoxy) is 3. The fraction of sp³-hybridized carbons (Fsp3) is 0.125. The summed E-state index contributed by atoms with van der Waals surface area (Å²) < 4.78 is 16.9. The van der Waals surface area contributed by atoms with Crippen LogP contribution in [-0.4, -0.2) is 37.5 Å². The third kappa shape index (κ3) is 10.1. The van der Waals surface area contributed by atoms with E-state index in [4.69, 9.17) is 14.2 Å². The fourth-order valence-corrected chi connectivity index (χ4v) is 3.56. The summed E-state index contributed by atoms with van der Waals surface area (Å²) in [4.78, 5) is 24.1. The van der Waals surface area contributed by atoms with Crippen LogP contribution in [0.4, 0.5) is 0 Å². The van der Waals surface area contributed by atoms with Crippen molar-refractivity contribution in [2.24, 2.45) is 10.2 Å². The number of hydrazone groups is 2. The summed E-state index contributed by atoms with van der Waals surface area (Å²) in [6, 6.07) is 34.3. The van der Waals surface area contributed by atoms with Gasteiger partial charge in [-0.15, -0.1) is 0 Å². The van der Waals surface area contributed by atoms with Gasteiger partial charge in [0.05, 0.1) is 12.4 Å². The first kappa shape index (κ1) is 28.7. The molecule has 41 heavy (non-hydrogen) atoms. The summed E-state index contributed by atoms with van der Waals surface area (Å²) in [5, 5.41) is 7.92. The largest absolute Gasteiger partial charge is 0.488 e. The number of para-hydroxylation sites is 2. The summed E-state index contributed by atoms with van der Waals surface area (Å²) in [7, 11) is 0. The van der Waals surface area contributed by atoms with Gasteiger partial charge in [0.15, 0.2) is 0 Å². The monoisotopic (exact) mass is 550 g/mol. The second kappa shape index (κ2) is 16.0. The van der Waals surface area contributed by atoms with Gasteiger partial charge in [0.1, 0.15) is 37.9 Å². The third-order valence-electron chi connectivity index (χ3n) is 5.56. The highest BCUT2D eigenvalue weighted by Crippen LogP contribution is 2.18. The van der Waals surface area contributed by atoms with Crippen LogP contribution in [0.5, 0.6) is 11.5 Å². The number of hydrogen-bond donors (Lipinski definition) is 2. The Morgan fingerprint density at radius 1 is 0.561 bits per heavy atom. The Morgan fingerprint density at radius 3 is 1.39 bits per heavy atom. The van der Waals surface area contributed by atoms with Crippen molar-refractivity contribution in [2.75, 3.05) is 13.2 Å². The summed E-state index contributed by atoms with van der Waals surface area (Å²) >= 11 is 0. The van der Waals surface area contributed by atoms with E-state index in [0.717, 1.165) is 11.1 Å². The molecular weight excluding hydrogens is 520 g/mol. The first-order valence-corrected chi connectivity index (χ1v) is 12.9. The quantitative estimate of drug-likeness (QED) is 0.178. The lowest BCUT2D eigenvalue weighted by Gasteiger charge is -2.09. The van der Waals surface area contributed by atoms with E-state index in [9.17, 15) is 9.59 Å². The molecule has 2 amide bonds. The SMILES string of the molecule is O=C(COCC(=O)NN=Cc1ccccc1OCc1ccccc1)NN=Cc1ccccc1OCc1ccccc1. The molecule has 0 aliphatic rings. The van der Waals surface area contributed by atoms with Crippen LogP contribution in [-0.2, 0) is 27.5 Å². The van der Waals surface area contributed by atoms with Crippen molar-refractivity contribution >= 4 is 24.2 Å². The van der Waals surface area contributed by atoms with Crippen molar-refractivity contribution in [2.45, 2.75) is 13.2 Å². The van der Waals surface area contributed by atoms with Crippen LogP contribution in [0.15, 0.2) is 119 Å². The molecule has 0 aliphatic heterocycles. The maximum Gasteiger partial charge on any atom is 0.266 e. The number of carbonyl (C=O) groups is 2. The maximum atomic E-state index is 12.1. The zero-order valence-corrected chi connectivity index (χ0v) is 22.3. The topological polar surface area (TPSA) is 111 Å². The van der Waals surface area contributed by atoms with E-state index in [0.29, 0.717) is 35.8 Å². The second-order valence-electron chi connectivity index (χ2n) is 8.70. The number of amides is 2. The third-order valence-corrected chi connectivity index (χ3v) is 5.56. The lowest BCUT2D eigenvalue weighted by atomic mass is 10.2. The van der Waals surface area contributed by atoms with Gasteiger partial charge in [0.2, 0.25) is 0 Å². The molecule has 0 fully saturated rings. The Kier molecular flexibility index (Phi) is 11.2. The van der Waals surface area contributed by atoms with Gasteiger partial charge in [-0.05, 0) is 35.4 Å². The standard InChI is InChI=1S/C32H30N4O5/c37-31(35-33-19-27-15-7-9-17-29(27)40-21-25-11-3-1-4-12-25)23-39-24-32(38)36-34-20-28-16-8-10-18-30(28)41-22-26-13-5-2-6-14-26/h1-20H,21-24H2,(H,35,37)(H,36,38). The van der Waals surface area contributed by atoms with Crippen molar-refractivity contribution in [3.05, 3.63) is 131 Å². The molecule has 0 aromatic heterocycles. The molecule has 9 heteroatoms. The molecule has 208 valence electrons. The Morgan fingerprint density at radius 2 is 0.951 bits per heavy atom. The van der Waals surface area contributed by atoms with Crippen LogP contribution in [0, 0.1) is 0 Å². The zero-order valence-electron chi connectivity index (χ0n) is 22.3. The Hall–Kier alpha value is -5.28. The molecule has 4 rings (SSSR count). The van der Waals surface area contributed by atoms with E-state index in [1.807, 2.05) is 109 Å². The molecule has 2 N–H and O–H groups in total. The van der Waals surface area contributed by atoms with Crippen LogP contribution in [0.25, 0.3) is 0 Å². The molecule has 0 saturated carbocycles. The molecule has 0 atom stereocenters. The summed E-state index contributed by atoms with van der Waals surface area (Å²) in [6.45, 7) is 0.118. The number of benzene rings is 4. The summed E-state index contributed by atoms with van der Waals surface area (Å²) in [5.41, 5.74) is 8.23. The van der Waals surface area contributed by atoms with E-state index >= 15 is 0 Å². The van der Waals surface area contributed by atoms with E-state index in [2.05, 4.69) is 21.1 Å². The Balaban J connectivity index is 1.16. The first-order valence-electron chi connectivity index (χ1n) is 12.9. The Bertz CT molecular complexity index is 1350. The number of nitrogens with zero attached hydrogens (tertiary/aromatic N) is 2. The van der Waals surface area contributed by atoms with Gasteiger partial charge >= 0.3 is 0 Å². The molecule has 0 spiro atoms. The van der Waals surface area contributed by atoms with Crippen molar-refractivity contribution < 1.29 is 23.8 Å². The van der Waals surface area contributed by atoms with E-state index in [1.165, 1.54) is 12.4 Å². The van der Waals surface area contributed by atoms with Gasteiger partial charge in [0.25, 0.3) is 11.8 Å². The molecule has 0 heterocycles. The minimum atomic E-state index is -0.510. The van der Waals surface area contributed by atoms with Gasteiger partial charge in [-0.2, -0.15) is 10.2 Å². The molecule has 4 aromatic carbocycles. The van der Waals surface area contributed by atoms with Gasteiger partial charge in [-0.3, -0.25) is 9.59 Å². The molecule has 0 radical (unpaired) electrons. The number of nitrogens with one attached hydrogen (secondary N) is 2. The minimum absolute atomic E-state index is 0.350. The average molecular weight is 551 g/mol. The van der Waals surface area contributed by atoms with Gasteiger partial charge < -0.3 is 14.2 Å². The number of hydrogen-bond acceptors (Lipinski definition) is 7. The lowest BCUT2D eigenvalue weighted by Crippen LogP contribution is -2.28. The summed E-state index contributed by atoms with van der Waals surface area (Å²) in [6.07, 6.45) is 2.97. The predicted molar refractivity (Wildman–Crippen MR) is 157 cm³/mol. The van der Waals surface area contributed by atoms with Crippen molar-refractivity contribution in [1.82, 2.24) is 10.9 Å². The minimum Gasteiger partial charge on any atom is -0.488 e. The lowest BCUT2D eigenvalue weighted by molar-refractivity contribution is -0.130. The van der Waals surface area contributed by atoms with Crippen molar-refractivity contribution in [3.8, 4) is 11.5 Å². The highest BCUT2D eigenvalue weighted by Gasteiger charge is 2.06. The molecule has 9 nitrogen and oxygen atoms in total. The highest BCUT2D eigenvalue weighted by atomic mass is 16.5. The molecule has 0 bridgehead atoms. The van der Waals surface area contributed by atoms with Crippen LogP contribution in [0.1, 0.15) is 22.3 Å². The van der Waals surface area contributed by atoms with Crippen LogP contribution in [0.2, 0.25) is 0 Å². The van der Waals surface area contributed by atoms with Gasteiger partial charge in [-0.25, -0.2) is 10.9 Å². The fourth-order valence-electron chi connectivity index (χ4n) is 3.56. The molecule has 0 unspecified atom stereocenters. The first-order chi connectivity index (χ1) is 20.2. The van der Waals surface area contributed by atoms with Crippen molar-refractivity contribution in [3.63, 3.8) is 0 Å². The smallest absolute Gasteiger partial charge is 0.266 e. The van der Waals surface area contributed by atoms with Crippen LogP contribution >= 0.6 is 0 Å². The van der Waals surface area contributed by atoms with Gasteiger partial charge in [0, 0.05) is 11.1 Å².